The van der Waals surface area contributed by atoms with Crippen molar-refractivity contribution in [3.63, 3.8) is 0 Å². The van der Waals surface area contributed by atoms with Crippen molar-refractivity contribution in [2.75, 3.05) is 26.3 Å². The minimum absolute atomic E-state index is 0.185. The number of hydrogen-bond acceptors (Lipinski definition) is 5. The van der Waals surface area contributed by atoms with E-state index in [2.05, 4.69) is 39.5 Å². The van der Waals surface area contributed by atoms with E-state index in [1.807, 2.05) is 30.3 Å². The predicted octanol–water partition coefficient (Wildman–Crippen LogP) is 5.97. The molecule has 0 saturated carbocycles. The first-order valence-corrected chi connectivity index (χ1v) is 13.2. The SMILES string of the molecule is O=C(NCc1ccc(Cl)cc1)c1c[nH]c2sc(CN3CCOCC3)c(Cc3ccccc3)c2c1=S. The van der Waals surface area contributed by atoms with Gasteiger partial charge in [-0.2, -0.15) is 0 Å². The molecule has 2 aromatic heterocycles. The van der Waals surface area contributed by atoms with Gasteiger partial charge in [-0.3, -0.25) is 9.69 Å². The Morgan fingerprint density at radius 2 is 1.83 bits per heavy atom. The summed E-state index contributed by atoms with van der Waals surface area (Å²) >= 11 is 13.6. The van der Waals surface area contributed by atoms with Crippen LogP contribution in [-0.4, -0.2) is 42.1 Å². The number of pyridine rings is 1. The van der Waals surface area contributed by atoms with Gasteiger partial charge in [0, 0.05) is 47.7 Å². The second-order valence-electron chi connectivity index (χ2n) is 8.60. The quantitative estimate of drug-likeness (QED) is 0.293. The van der Waals surface area contributed by atoms with Gasteiger partial charge in [-0.25, -0.2) is 0 Å². The Bertz CT molecular complexity index is 1380. The van der Waals surface area contributed by atoms with Crippen LogP contribution in [0.1, 0.15) is 31.9 Å². The highest BCUT2D eigenvalue weighted by molar-refractivity contribution is 7.71. The number of nitrogens with one attached hydrogen (secondary N) is 2. The maximum atomic E-state index is 13.1. The van der Waals surface area contributed by atoms with E-state index in [-0.39, 0.29) is 5.91 Å². The predicted molar refractivity (Wildman–Crippen MR) is 145 cm³/mol. The summed E-state index contributed by atoms with van der Waals surface area (Å²) in [6.45, 7) is 4.62. The summed E-state index contributed by atoms with van der Waals surface area (Å²) in [6.07, 6.45) is 2.51. The maximum Gasteiger partial charge on any atom is 0.254 e. The second kappa shape index (κ2) is 11.0. The molecule has 5 rings (SSSR count). The van der Waals surface area contributed by atoms with Crippen LogP contribution >= 0.6 is 35.2 Å². The highest BCUT2D eigenvalue weighted by atomic mass is 35.5. The lowest BCUT2D eigenvalue weighted by Gasteiger charge is -2.26. The van der Waals surface area contributed by atoms with Crippen molar-refractivity contribution < 1.29 is 9.53 Å². The van der Waals surface area contributed by atoms with Gasteiger partial charge in [0.2, 0.25) is 0 Å². The van der Waals surface area contributed by atoms with Crippen LogP contribution in [-0.2, 0) is 24.2 Å². The van der Waals surface area contributed by atoms with Crippen LogP contribution in [0.15, 0.2) is 60.8 Å². The smallest absolute Gasteiger partial charge is 0.254 e. The first-order valence-electron chi connectivity index (χ1n) is 11.6. The standard InChI is InChI=1S/C27H26ClN3O2S2/c28-20-8-6-19(7-9-20)15-29-26(32)22-16-30-27-24(25(22)34)21(14-18-4-2-1-3-5-18)23(35-27)17-31-10-12-33-13-11-31/h1-9,16H,10-15,17H2,(H,29,32)(H,30,34). The molecule has 0 spiro atoms. The summed E-state index contributed by atoms with van der Waals surface area (Å²) < 4.78 is 6.13. The monoisotopic (exact) mass is 523 g/mol. The number of thiophene rings is 1. The average Bonchev–Trinajstić information content (AvgIpc) is 3.22. The van der Waals surface area contributed by atoms with Crippen molar-refractivity contribution in [3.8, 4) is 0 Å². The first-order chi connectivity index (χ1) is 17.1. The van der Waals surface area contributed by atoms with Gasteiger partial charge in [-0.15, -0.1) is 11.3 Å². The van der Waals surface area contributed by atoms with Crippen LogP contribution in [0, 0.1) is 4.51 Å². The van der Waals surface area contributed by atoms with Gasteiger partial charge in [0.1, 0.15) is 4.83 Å². The minimum atomic E-state index is -0.185. The number of H-pyrrole nitrogens is 1. The number of aromatic nitrogens is 1. The molecule has 1 aliphatic heterocycles. The molecule has 0 bridgehead atoms. The molecule has 1 saturated heterocycles. The molecule has 180 valence electrons. The Kier molecular flexibility index (Phi) is 7.60. The zero-order valence-corrected chi connectivity index (χ0v) is 21.6. The van der Waals surface area contributed by atoms with E-state index in [4.69, 9.17) is 28.6 Å². The first kappa shape index (κ1) is 24.2. The number of carbonyl (C=O) groups excluding carboxylic acids is 1. The highest BCUT2D eigenvalue weighted by Gasteiger charge is 2.21. The molecule has 0 aliphatic carbocycles. The molecule has 5 nitrogen and oxygen atoms in total. The normalized spacial score (nSPS) is 14.3. The lowest BCUT2D eigenvalue weighted by molar-refractivity contribution is 0.0345. The highest BCUT2D eigenvalue weighted by Crippen LogP contribution is 2.34. The largest absolute Gasteiger partial charge is 0.379 e. The number of fused-ring (bicyclic) bond motifs is 1. The van der Waals surface area contributed by atoms with Crippen molar-refractivity contribution >= 4 is 51.3 Å². The van der Waals surface area contributed by atoms with Crippen LogP contribution in [0.2, 0.25) is 5.02 Å². The average molecular weight is 524 g/mol. The lowest BCUT2D eigenvalue weighted by atomic mass is 10.0. The third-order valence-electron chi connectivity index (χ3n) is 6.22. The van der Waals surface area contributed by atoms with Crippen molar-refractivity contribution in [2.45, 2.75) is 19.5 Å². The molecule has 1 aliphatic rings. The molecule has 4 aromatic rings. The van der Waals surface area contributed by atoms with E-state index in [1.54, 1.807) is 17.5 Å². The van der Waals surface area contributed by atoms with E-state index in [0.29, 0.717) is 21.6 Å². The molecule has 2 aromatic carbocycles. The molecule has 0 unspecified atom stereocenters. The Morgan fingerprint density at radius 1 is 1.09 bits per heavy atom. The van der Waals surface area contributed by atoms with Crippen LogP contribution in [0.4, 0.5) is 0 Å². The zero-order chi connectivity index (χ0) is 24.2. The van der Waals surface area contributed by atoms with E-state index < -0.39 is 0 Å². The summed E-state index contributed by atoms with van der Waals surface area (Å²) in [5, 5.41) is 4.65. The number of halogens is 1. The number of hydrogen-bond donors (Lipinski definition) is 2. The van der Waals surface area contributed by atoms with E-state index in [9.17, 15) is 4.79 Å². The van der Waals surface area contributed by atoms with E-state index >= 15 is 0 Å². The van der Waals surface area contributed by atoms with Crippen LogP contribution in [0.25, 0.3) is 10.2 Å². The van der Waals surface area contributed by atoms with Gasteiger partial charge in [-0.1, -0.05) is 66.3 Å². The fourth-order valence-electron chi connectivity index (χ4n) is 4.32. The van der Waals surface area contributed by atoms with Gasteiger partial charge < -0.3 is 15.0 Å². The van der Waals surface area contributed by atoms with Gasteiger partial charge >= 0.3 is 0 Å². The molecular weight excluding hydrogens is 498 g/mol. The van der Waals surface area contributed by atoms with Crippen LogP contribution in [0.5, 0.6) is 0 Å². The number of rotatable bonds is 7. The summed E-state index contributed by atoms with van der Waals surface area (Å²) in [5.74, 6) is -0.185. The van der Waals surface area contributed by atoms with E-state index in [0.717, 1.165) is 55.0 Å². The third kappa shape index (κ3) is 5.66. The summed E-state index contributed by atoms with van der Waals surface area (Å²) in [5.41, 5.74) is 3.90. The Morgan fingerprint density at radius 3 is 2.57 bits per heavy atom. The fourth-order valence-corrected chi connectivity index (χ4v) is 6.12. The summed E-state index contributed by atoms with van der Waals surface area (Å²) in [4.78, 5) is 21.2. The van der Waals surface area contributed by atoms with Crippen molar-refractivity contribution in [3.05, 3.63) is 97.5 Å². The molecule has 3 heterocycles. The molecule has 8 heteroatoms. The Balaban J connectivity index is 1.48. The minimum Gasteiger partial charge on any atom is -0.379 e. The van der Waals surface area contributed by atoms with Gasteiger partial charge in [0.25, 0.3) is 5.91 Å². The maximum absolute atomic E-state index is 13.1. The molecule has 0 atom stereocenters. The number of nitrogens with zero attached hydrogens (tertiary/aromatic N) is 1. The van der Waals surface area contributed by atoms with E-state index in [1.165, 1.54) is 16.0 Å². The second-order valence-corrected chi connectivity index (χ2v) is 10.5. The third-order valence-corrected chi connectivity index (χ3v) is 8.04. The number of carbonyl (C=O) groups is 1. The fraction of sp³-hybridized carbons (Fsp3) is 0.259. The number of benzene rings is 2. The molecule has 0 radical (unpaired) electrons. The van der Waals surface area contributed by atoms with Gasteiger partial charge in [0.15, 0.2) is 0 Å². The number of ether oxygens (including phenoxy) is 1. The van der Waals surface area contributed by atoms with Gasteiger partial charge in [-0.05, 0) is 35.2 Å². The number of morpholine rings is 1. The molecular formula is C27H26ClN3O2S2. The zero-order valence-electron chi connectivity index (χ0n) is 19.2. The lowest BCUT2D eigenvalue weighted by Crippen LogP contribution is -2.35. The molecule has 2 N–H and O–H groups in total. The van der Waals surface area contributed by atoms with Crippen molar-refractivity contribution in [2.24, 2.45) is 0 Å². The Labute approximate surface area is 218 Å². The molecule has 1 amide bonds. The number of aromatic amines is 1. The van der Waals surface area contributed by atoms with Crippen LogP contribution < -0.4 is 5.32 Å². The topological polar surface area (TPSA) is 57.4 Å². The molecule has 1 fully saturated rings. The molecule has 35 heavy (non-hydrogen) atoms. The van der Waals surface area contributed by atoms with Crippen LogP contribution in [0.3, 0.4) is 0 Å². The number of amides is 1. The van der Waals surface area contributed by atoms with Crippen molar-refractivity contribution in [1.82, 2.24) is 15.2 Å². The van der Waals surface area contributed by atoms with Crippen molar-refractivity contribution in [1.29, 1.82) is 0 Å². The summed E-state index contributed by atoms with van der Waals surface area (Å²) in [7, 11) is 0. The summed E-state index contributed by atoms with van der Waals surface area (Å²) in [6, 6.07) is 17.9. The Hall–Kier alpha value is -2.55. The van der Waals surface area contributed by atoms with Gasteiger partial charge in [0.05, 0.1) is 23.3 Å².